The predicted octanol–water partition coefficient (Wildman–Crippen LogP) is 1.57. The minimum atomic E-state index is -0.573. The SMILES string of the molecule is CC(O)CN(C(=O)NCc1nncn1-c1ccccc1)C(C)C. The molecule has 1 aromatic carbocycles. The smallest absolute Gasteiger partial charge is 0.318 e. The molecule has 1 aromatic heterocycles. The molecule has 0 saturated heterocycles. The standard InChI is InChI=1S/C16H23N5O2/c1-12(2)20(10-13(3)22)16(23)17-9-15-19-18-11-21(15)14-7-5-4-6-8-14/h4-8,11-13,22H,9-10H2,1-3H3,(H,17,23). The van der Waals surface area contributed by atoms with Gasteiger partial charge in [-0.05, 0) is 32.9 Å². The molecule has 0 saturated carbocycles. The van der Waals surface area contributed by atoms with Gasteiger partial charge in [-0.25, -0.2) is 4.79 Å². The number of carbonyl (C=O) groups is 1. The number of aliphatic hydroxyl groups is 1. The van der Waals surface area contributed by atoms with Gasteiger partial charge in [0.1, 0.15) is 6.33 Å². The molecule has 2 N–H and O–H groups in total. The molecule has 1 heterocycles. The third kappa shape index (κ3) is 4.53. The molecular weight excluding hydrogens is 294 g/mol. The van der Waals surface area contributed by atoms with Crippen molar-refractivity contribution in [2.24, 2.45) is 0 Å². The van der Waals surface area contributed by atoms with Crippen LogP contribution in [0, 0.1) is 0 Å². The minimum Gasteiger partial charge on any atom is -0.392 e. The molecule has 2 aromatic rings. The number of rotatable bonds is 6. The normalized spacial score (nSPS) is 12.2. The third-order valence-electron chi connectivity index (χ3n) is 3.40. The van der Waals surface area contributed by atoms with Crippen molar-refractivity contribution in [2.45, 2.75) is 39.5 Å². The van der Waals surface area contributed by atoms with Crippen molar-refractivity contribution in [3.8, 4) is 5.69 Å². The molecule has 23 heavy (non-hydrogen) atoms. The summed E-state index contributed by atoms with van der Waals surface area (Å²) in [4.78, 5) is 13.9. The van der Waals surface area contributed by atoms with Crippen molar-refractivity contribution in [1.29, 1.82) is 0 Å². The molecule has 0 aliphatic carbocycles. The van der Waals surface area contributed by atoms with Crippen LogP contribution in [0.4, 0.5) is 4.79 Å². The number of aliphatic hydroxyl groups excluding tert-OH is 1. The summed E-state index contributed by atoms with van der Waals surface area (Å²) in [6.45, 7) is 6.03. The molecule has 0 spiro atoms. The molecule has 1 unspecified atom stereocenters. The second-order valence-electron chi connectivity index (χ2n) is 5.71. The number of carbonyl (C=O) groups excluding carboxylic acids is 1. The fourth-order valence-electron chi connectivity index (χ4n) is 2.25. The van der Waals surface area contributed by atoms with Crippen LogP contribution < -0.4 is 5.32 Å². The Balaban J connectivity index is 2.04. The topological polar surface area (TPSA) is 83.3 Å². The number of urea groups is 1. The largest absolute Gasteiger partial charge is 0.392 e. The predicted molar refractivity (Wildman–Crippen MR) is 87.1 cm³/mol. The first-order valence-electron chi connectivity index (χ1n) is 7.66. The van der Waals surface area contributed by atoms with Crippen molar-refractivity contribution in [2.75, 3.05) is 6.54 Å². The molecule has 7 nitrogen and oxygen atoms in total. The first-order valence-corrected chi connectivity index (χ1v) is 7.66. The Morgan fingerprint density at radius 3 is 2.61 bits per heavy atom. The monoisotopic (exact) mass is 317 g/mol. The lowest BCUT2D eigenvalue weighted by atomic mass is 10.3. The van der Waals surface area contributed by atoms with Crippen molar-refractivity contribution < 1.29 is 9.90 Å². The molecule has 1 atom stereocenters. The Morgan fingerprint density at radius 1 is 1.30 bits per heavy atom. The Bertz CT molecular complexity index is 624. The van der Waals surface area contributed by atoms with Crippen LogP contribution in [0.3, 0.4) is 0 Å². The van der Waals surface area contributed by atoms with E-state index in [0.29, 0.717) is 5.82 Å². The molecule has 7 heteroatoms. The number of nitrogens with zero attached hydrogens (tertiary/aromatic N) is 4. The van der Waals surface area contributed by atoms with Gasteiger partial charge in [-0.1, -0.05) is 18.2 Å². The zero-order valence-electron chi connectivity index (χ0n) is 13.7. The van der Waals surface area contributed by atoms with E-state index < -0.39 is 6.10 Å². The van der Waals surface area contributed by atoms with Gasteiger partial charge in [0.05, 0.1) is 12.6 Å². The lowest BCUT2D eigenvalue weighted by Crippen LogP contribution is -2.46. The van der Waals surface area contributed by atoms with Crippen molar-refractivity contribution in [1.82, 2.24) is 25.0 Å². The fraction of sp³-hybridized carbons (Fsp3) is 0.438. The summed E-state index contributed by atoms with van der Waals surface area (Å²) in [5, 5.41) is 20.3. The molecular formula is C16H23N5O2. The number of nitrogens with one attached hydrogen (secondary N) is 1. The maximum absolute atomic E-state index is 12.3. The van der Waals surface area contributed by atoms with Crippen LogP contribution in [0.1, 0.15) is 26.6 Å². The van der Waals surface area contributed by atoms with Crippen LogP contribution >= 0.6 is 0 Å². The van der Waals surface area contributed by atoms with E-state index >= 15 is 0 Å². The lowest BCUT2D eigenvalue weighted by Gasteiger charge is -2.28. The lowest BCUT2D eigenvalue weighted by molar-refractivity contribution is 0.118. The maximum Gasteiger partial charge on any atom is 0.318 e. The van der Waals surface area contributed by atoms with E-state index in [9.17, 15) is 9.90 Å². The third-order valence-corrected chi connectivity index (χ3v) is 3.40. The summed E-state index contributed by atoms with van der Waals surface area (Å²) in [5.74, 6) is 0.644. The van der Waals surface area contributed by atoms with Gasteiger partial charge in [0.2, 0.25) is 0 Å². The zero-order valence-corrected chi connectivity index (χ0v) is 13.7. The van der Waals surface area contributed by atoms with E-state index in [1.54, 1.807) is 18.2 Å². The molecule has 124 valence electrons. The first-order chi connectivity index (χ1) is 11.0. The highest BCUT2D eigenvalue weighted by Crippen LogP contribution is 2.09. The minimum absolute atomic E-state index is 0.00315. The van der Waals surface area contributed by atoms with Gasteiger partial charge in [-0.3, -0.25) is 4.57 Å². The van der Waals surface area contributed by atoms with Gasteiger partial charge in [0.15, 0.2) is 5.82 Å². The Labute approximate surface area is 136 Å². The Hall–Kier alpha value is -2.41. The highest BCUT2D eigenvalue weighted by Gasteiger charge is 2.19. The van der Waals surface area contributed by atoms with Crippen LogP contribution in [0.5, 0.6) is 0 Å². The van der Waals surface area contributed by atoms with Crippen molar-refractivity contribution >= 4 is 6.03 Å². The number of aromatic nitrogens is 3. The average Bonchev–Trinajstić information content (AvgIpc) is 2.99. The summed E-state index contributed by atoms with van der Waals surface area (Å²) in [6, 6.07) is 9.46. The fourth-order valence-corrected chi connectivity index (χ4v) is 2.25. The molecule has 0 aliphatic rings. The van der Waals surface area contributed by atoms with Gasteiger partial charge < -0.3 is 15.3 Å². The van der Waals surface area contributed by atoms with Crippen LogP contribution in [0.15, 0.2) is 36.7 Å². The zero-order chi connectivity index (χ0) is 16.8. The van der Waals surface area contributed by atoms with E-state index in [1.807, 2.05) is 48.7 Å². The molecule has 0 fully saturated rings. The van der Waals surface area contributed by atoms with E-state index in [4.69, 9.17) is 0 Å². The van der Waals surface area contributed by atoms with Gasteiger partial charge in [-0.2, -0.15) is 0 Å². The molecule has 0 aliphatic heterocycles. The van der Waals surface area contributed by atoms with Gasteiger partial charge >= 0.3 is 6.03 Å². The highest BCUT2D eigenvalue weighted by atomic mass is 16.3. The van der Waals surface area contributed by atoms with Crippen LogP contribution in [-0.2, 0) is 6.54 Å². The molecule has 2 amide bonds. The van der Waals surface area contributed by atoms with Crippen LogP contribution in [0.2, 0.25) is 0 Å². The summed E-state index contributed by atoms with van der Waals surface area (Å²) in [7, 11) is 0. The summed E-state index contributed by atoms with van der Waals surface area (Å²) < 4.78 is 1.83. The van der Waals surface area contributed by atoms with Crippen molar-refractivity contribution in [3.05, 3.63) is 42.5 Å². The van der Waals surface area contributed by atoms with E-state index in [0.717, 1.165) is 5.69 Å². The summed E-state index contributed by atoms with van der Waals surface area (Å²) in [6.07, 6.45) is 1.04. The quantitative estimate of drug-likeness (QED) is 0.847. The van der Waals surface area contributed by atoms with Gasteiger partial charge in [-0.15, -0.1) is 10.2 Å². The highest BCUT2D eigenvalue weighted by molar-refractivity contribution is 5.74. The second-order valence-corrected chi connectivity index (χ2v) is 5.71. The molecule has 0 radical (unpaired) electrons. The van der Waals surface area contributed by atoms with Crippen molar-refractivity contribution in [3.63, 3.8) is 0 Å². The number of amides is 2. The van der Waals surface area contributed by atoms with Gasteiger partial charge in [0, 0.05) is 18.3 Å². The molecule has 0 bridgehead atoms. The average molecular weight is 317 g/mol. The van der Waals surface area contributed by atoms with E-state index in [1.165, 1.54) is 0 Å². The van der Waals surface area contributed by atoms with Gasteiger partial charge in [0.25, 0.3) is 0 Å². The number of hydrogen-bond acceptors (Lipinski definition) is 4. The van der Waals surface area contributed by atoms with Crippen LogP contribution in [0.25, 0.3) is 5.69 Å². The summed E-state index contributed by atoms with van der Waals surface area (Å²) >= 11 is 0. The Kier molecular flexibility index (Phi) is 5.70. The summed E-state index contributed by atoms with van der Waals surface area (Å²) in [5.41, 5.74) is 0.937. The van der Waals surface area contributed by atoms with E-state index in [2.05, 4.69) is 15.5 Å². The second kappa shape index (κ2) is 7.73. The Morgan fingerprint density at radius 2 is 2.00 bits per heavy atom. The first kappa shape index (κ1) is 17.0. The number of para-hydroxylation sites is 1. The maximum atomic E-state index is 12.3. The number of hydrogen-bond donors (Lipinski definition) is 2. The van der Waals surface area contributed by atoms with Crippen LogP contribution in [-0.4, -0.2) is 49.5 Å². The molecule has 2 rings (SSSR count). The van der Waals surface area contributed by atoms with E-state index in [-0.39, 0.29) is 25.2 Å². The number of benzene rings is 1.